The molecule has 38 valence electrons. The molecule has 0 spiro atoms. The van der Waals surface area contributed by atoms with Gasteiger partial charge in [0.1, 0.15) is 0 Å². The summed E-state index contributed by atoms with van der Waals surface area (Å²) in [5, 5.41) is 9.14. The third-order valence-electron chi connectivity index (χ3n) is 0.167. The van der Waals surface area contributed by atoms with Crippen molar-refractivity contribution in [2.45, 2.75) is 0 Å². The molecule has 3 heteroatoms. The normalized spacial score (nSPS) is 5.33. The molecule has 0 heterocycles. The van der Waals surface area contributed by atoms with Crippen molar-refractivity contribution in [2.24, 2.45) is 0 Å². The first-order valence-electron chi connectivity index (χ1n) is 1.11. The van der Waals surface area contributed by atoms with Crippen LogP contribution in [0.25, 0.3) is 0 Å². The number of hydrogen-bond donors (Lipinski definition) is 0. The molecular formula is C3H3AuO2. The molecule has 2 nitrogen and oxygen atoms in total. The van der Waals surface area contributed by atoms with E-state index >= 15 is 0 Å². The molecule has 0 aliphatic carbocycles. The van der Waals surface area contributed by atoms with Crippen LogP contribution in [-0.2, 0) is 27.2 Å². The Morgan fingerprint density at radius 2 is 2.00 bits per heavy atom. The molecule has 0 aromatic heterocycles. The molecule has 0 aliphatic rings. The van der Waals surface area contributed by atoms with Crippen LogP contribution in [0.2, 0.25) is 0 Å². The van der Waals surface area contributed by atoms with Crippen molar-refractivity contribution in [3.05, 3.63) is 12.7 Å². The van der Waals surface area contributed by atoms with Crippen LogP contribution in [0.5, 0.6) is 0 Å². The van der Waals surface area contributed by atoms with E-state index < -0.39 is 5.97 Å². The molecule has 0 unspecified atom stereocenters. The van der Waals surface area contributed by atoms with E-state index in [2.05, 4.69) is 6.58 Å². The summed E-state index contributed by atoms with van der Waals surface area (Å²) >= 11 is 0. The van der Waals surface area contributed by atoms with Crippen LogP contribution in [0.3, 0.4) is 0 Å². The second-order valence-corrected chi connectivity index (χ2v) is 0.523. The molecule has 0 aromatic carbocycles. The summed E-state index contributed by atoms with van der Waals surface area (Å²) in [7, 11) is 0. The molecule has 0 fully saturated rings. The second-order valence-electron chi connectivity index (χ2n) is 0.523. The first-order chi connectivity index (χ1) is 2.27. The second kappa shape index (κ2) is 4.95. The van der Waals surface area contributed by atoms with Crippen LogP contribution >= 0.6 is 0 Å². The minimum Gasteiger partial charge on any atom is -0.545 e. The summed E-state index contributed by atoms with van der Waals surface area (Å²) in [5.74, 6) is -1.23. The fourth-order valence-corrected chi connectivity index (χ4v) is 0. The minimum absolute atomic E-state index is 0. The van der Waals surface area contributed by atoms with Gasteiger partial charge < -0.3 is 9.90 Å². The van der Waals surface area contributed by atoms with Gasteiger partial charge in [-0.15, -0.1) is 0 Å². The summed E-state index contributed by atoms with van der Waals surface area (Å²) in [6.07, 6.45) is 0.722. The third-order valence-corrected chi connectivity index (χ3v) is 0.167. The minimum atomic E-state index is -1.23. The summed E-state index contributed by atoms with van der Waals surface area (Å²) < 4.78 is 0. The molecule has 0 saturated carbocycles. The monoisotopic (exact) mass is 268 g/mol. The number of aliphatic carboxylic acids is 1. The van der Waals surface area contributed by atoms with Crippen LogP contribution in [0.15, 0.2) is 12.7 Å². The van der Waals surface area contributed by atoms with Gasteiger partial charge in [0.25, 0.3) is 0 Å². The zero-order chi connectivity index (χ0) is 4.28. The van der Waals surface area contributed by atoms with Gasteiger partial charge in [0.15, 0.2) is 0 Å². The van der Waals surface area contributed by atoms with Gasteiger partial charge >= 0.3 is 22.4 Å². The van der Waals surface area contributed by atoms with Crippen LogP contribution in [0.1, 0.15) is 0 Å². The number of rotatable bonds is 1. The van der Waals surface area contributed by atoms with Gasteiger partial charge in [0, 0.05) is 0 Å². The third kappa shape index (κ3) is 9.04. The topological polar surface area (TPSA) is 40.1 Å². The van der Waals surface area contributed by atoms with E-state index in [0.717, 1.165) is 6.08 Å². The van der Waals surface area contributed by atoms with E-state index in [1.165, 1.54) is 0 Å². The van der Waals surface area contributed by atoms with E-state index in [0.29, 0.717) is 0 Å². The average Bonchev–Trinajstić information content (AvgIpc) is 1.38. The van der Waals surface area contributed by atoms with Gasteiger partial charge in [-0.1, -0.05) is 6.58 Å². The molecule has 0 rings (SSSR count). The van der Waals surface area contributed by atoms with E-state index in [9.17, 15) is 0 Å². The predicted molar refractivity (Wildman–Crippen MR) is 15.2 cm³/mol. The maximum Gasteiger partial charge on any atom is 1.00 e. The average molecular weight is 268 g/mol. The van der Waals surface area contributed by atoms with Crippen molar-refractivity contribution in [3.63, 3.8) is 0 Å². The Bertz CT molecular complexity index is 59.8. The van der Waals surface area contributed by atoms with Gasteiger partial charge in [0.05, 0.1) is 5.97 Å². The molecule has 6 heavy (non-hydrogen) atoms. The molecule has 0 N–H and O–H groups in total. The summed E-state index contributed by atoms with van der Waals surface area (Å²) in [6.45, 7) is 2.90. The van der Waals surface area contributed by atoms with Gasteiger partial charge in [-0.3, -0.25) is 0 Å². The van der Waals surface area contributed by atoms with Crippen molar-refractivity contribution in [3.8, 4) is 0 Å². The predicted octanol–water partition coefficient (Wildman–Crippen LogP) is -1.08. The summed E-state index contributed by atoms with van der Waals surface area (Å²) in [6, 6.07) is 0. The summed E-state index contributed by atoms with van der Waals surface area (Å²) in [4.78, 5) is 9.14. The zero-order valence-corrected chi connectivity index (χ0v) is 5.07. The Kier molecular flexibility index (Phi) is 7.71. The first kappa shape index (κ1) is 9.34. The summed E-state index contributed by atoms with van der Waals surface area (Å²) in [5.41, 5.74) is 0. The van der Waals surface area contributed by atoms with Crippen LogP contribution in [0.4, 0.5) is 0 Å². The number of hydrogen-bond acceptors (Lipinski definition) is 2. The Morgan fingerprint density at radius 3 is 2.00 bits per heavy atom. The van der Waals surface area contributed by atoms with Crippen molar-refractivity contribution in [1.82, 2.24) is 0 Å². The quantitative estimate of drug-likeness (QED) is 0.448. The maximum absolute atomic E-state index is 9.14. The van der Waals surface area contributed by atoms with E-state index in [4.69, 9.17) is 9.90 Å². The maximum atomic E-state index is 9.14. The zero-order valence-electron chi connectivity index (χ0n) is 2.90. The molecule has 0 radical (unpaired) electrons. The molecule has 0 bridgehead atoms. The van der Waals surface area contributed by atoms with E-state index in [-0.39, 0.29) is 22.4 Å². The molecular weight excluding hydrogens is 265 g/mol. The number of carbonyl (C=O) groups is 1. The largest absolute Gasteiger partial charge is 1.00 e. The first-order valence-corrected chi connectivity index (χ1v) is 1.11. The van der Waals surface area contributed by atoms with E-state index in [1.54, 1.807) is 0 Å². The SMILES string of the molecule is C=CC(=O)[O-].[Au+]. The molecule has 0 atom stereocenters. The van der Waals surface area contributed by atoms with Crippen molar-refractivity contribution in [2.75, 3.05) is 0 Å². The smallest absolute Gasteiger partial charge is 0.545 e. The Labute approximate surface area is 51.4 Å². The van der Waals surface area contributed by atoms with Gasteiger partial charge in [-0.25, -0.2) is 0 Å². The van der Waals surface area contributed by atoms with Gasteiger partial charge in [-0.2, -0.15) is 0 Å². The molecule has 0 saturated heterocycles. The number of carbonyl (C=O) groups excluding carboxylic acids is 1. The Balaban J connectivity index is 0. The van der Waals surface area contributed by atoms with Crippen LogP contribution in [0, 0.1) is 0 Å². The van der Waals surface area contributed by atoms with Crippen LogP contribution in [-0.4, -0.2) is 5.97 Å². The van der Waals surface area contributed by atoms with Crippen molar-refractivity contribution < 1.29 is 32.3 Å². The number of carboxylic acid groups (broad SMARTS) is 1. The van der Waals surface area contributed by atoms with E-state index in [1.807, 2.05) is 0 Å². The molecule has 0 aromatic rings. The fraction of sp³-hybridized carbons (Fsp3) is 0. The fourth-order valence-electron chi connectivity index (χ4n) is 0. The van der Waals surface area contributed by atoms with Crippen molar-refractivity contribution >= 4 is 5.97 Å². The molecule has 0 amide bonds. The Morgan fingerprint density at radius 1 is 1.83 bits per heavy atom. The van der Waals surface area contributed by atoms with Crippen molar-refractivity contribution in [1.29, 1.82) is 0 Å². The van der Waals surface area contributed by atoms with Gasteiger partial charge in [0.2, 0.25) is 0 Å². The van der Waals surface area contributed by atoms with Crippen LogP contribution < -0.4 is 5.11 Å². The number of carboxylic acids is 1. The molecule has 0 aliphatic heterocycles. The van der Waals surface area contributed by atoms with Gasteiger partial charge in [-0.05, 0) is 6.08 Å². The standard InChI is InChI=1S/C3H4O2.Au/c1-2-3(4)5;/h2H,1H2,(H,4,5);/q;+1/p-1. The Hall–Kier alpha value is -0.0497.